The van der Waals surface area contributed by atoms with Crippen molar-refractivity contribution in [3.8, 4) is 0 Å². The maximum Gasteiger partial charge on any atom is 0.261 e. The van der Waals surface area contributed by atoms with E-state index in [1.807, 2.05) is 48.5 Å². The highest BCUT2D eigenvalue weighted by atomic mass is 16.3. The number of nitrogens with two attached hydrogens (primary N) is 1. The average Bonchev–Trinajstić information content (AvgIpc) is 2.97. The molecule has 0 saturated carbocycles. The van der Waals surface area contributed by atoms with Gasteiger partial charge in [-0.05, 0) is 23.8 Å². The number of para-hydroxylation sites is 1. The fraction of sp³-hybridized carbons (Fsp3) is 0.118. The lowest BCUT2D eigenvalue weighted by Crippen LogP contribution is -2.26. The molecule has 0 aliphatic rings. The van der Waals surface area contributed by atoms with Gasteiger partial charge in [0.1, 0.15) is 11.8 Å². The van der Waals surface area contributed by atoms with E-state index in [0.29, 0.717) is 17.7 Å². The zero-order chi connectivity index (χ0) is 14.8. The quantitative estimate of drug-likeness (QED) is 0.801. The molecule has 0 aliphatic heterocycles. The van der Waals surface area contributed by atoms with Crippen LogP contribution in [0, 0.1) is 0 Å². The molecular formula is C17H16N2O2. The minimum absolute atomic E-state index is 0.103. The minimum atomic E-state index is -0.103. The SMILES string of the molecule is CN(C(=O)c1coc2ccccc12)c1cccc(CN)c1. The molecule has 1 amide bonds. The van der Waals surface area contributed by atoms with Gasteiger partial charge in [0.25, 0.3) is 5.91 Å². The molecule has 0 saturated heterocycles. The summed E-state index contributed by atoms with van der Waals surface area (Å²) in [5.74, 6) is -0.103. The number of nitrogens with zero attached hydrogens (tertiary/aromatic N) is 1. The van der Waals surface area contributed by atoms with Gasteiger partial charge in [0, 0.05) is 24.7 Å². The molecule has 0 radical (unpaired) electrons. The van der Waals surface area contributed by atoms with E-state index < -0.39 is 0 Å². The van der Waals surface area contributed by atoms with E-state index >= 15 is 0 Å². The fourth-order valence-corrected chi connectivity index (χ4v) is 2.33. The molecule has 1 heterocycles. The summed E-state index contributed by atoms with van der Waals surface area (Å²) in [6.07, 6.45) is 1.51. The van der Waals surface area contributed by atoms with E-state index in [1.165, 1.54) is 6.26 Å². The van der Waals surface area contributed by atoms with E-state index in [-0.39, 0.29) is 5.91 Å². The highest BCUT2D eigenvalue weighted by molar-refractivity contribution is 6.13. The Labute approximate surface area is 122 Å². The van der Waals surface area contributed by atoms with Crippen LogP contribution in [0.15, 0.2) is 59.2 Å². The van der Waals surface area contributed by atoms with Gasteiger partial charge in [0.2, 0.25) is 0 Å². The summed E-state index contributed by atoms with van der Waals surface area (Å²) in [7, 11) is 1.75. The second-order valence-corrected chi connectivity index (χ2v) is 4.88. The van der Waals surface area contributed by atoms with Gasteiger partial charge in [-0.2, -0.15) is 0 Å². The summed E-state index contributed by atoms with van der Waals surface area (Å²) >= 11 is 0. The zero-order valence-corrected chi connectivity index (χ0v) is 11.7. The lowest BCUT2D eigenvalue weighted by molar-refractivity contribution is 0.0994. The van der Waals surface area contributed by atoms with Gasteiger partial charge < -0.3 is 15.1 Å². The van der Waals surface area contributed by atoms with Crippen LogP contribution < -0.4 is 10.6 Å². The highest BCUT2D eigenvalue weighted by Crippen LogP contribution is 2.24. The molecule has 0 spiro atoms. The van der Waals surface area contributed by atoms with Crippen LogP contribution in [-0.4, -0.2) is 13.0 Å². The molecule has 2 aromatic carbocycles. The maximum absolute atomic E-state index is 12.7. The molecule has 0 unspecified atom stereocenters. The van der Waals surface area contributed by atoms with Crippen LogP contribution in [0.1, 0.15) is 15.9 Å². The largest absolute Gasteiger partial charge is 0.463 e. The predicted octanol–water partition coefficient (Wildman–Crippen LogP) is 3.17. The Morgan fingerprint density at radius 1 is 1.19 bits per heavy atom. The summed E-state index contributed by atoms with van der Waals surface area (Å²) in [5.41, 5.74) is 8.72. The topological polar surface area (TPSA) is 59.5 Å². The van der Waals surface area contributed by atoms with Gasteiger partial charge >= 0.3 is 0 Å². The number of carbonyl (C=O) groups excluding carboxylic acids is 1. The normalized spacial score (nSPS) is 10.8. The zero-order valence-electron chi connectivity index (χ0n) is 11.7. The summed E-state index contributed by atoms with van der Waals surface area (Å²) in [4.78, 5) is 14.3. The molecular weight excluding hydrogens is 264 g/mol. The third-order valence-corrected chi connectivity index (χ3v) is 3.55. The highest BCUT2D eigenvalue weighted by Gasteiger charge is 2.18. The van der Waals surface area contributed by atoms with Crippen molar-refractivity contribution in [2.24, 2.45) is 5.73 Å². The first-order chi connectivity index (χ1) is 10.2. The number of benzene rings is 2. The standard InChI is InChI=1S/C17H16N2O2/c1-19(13-6-4-5-12(9-13)10-18)17(20)15-11-21-16-8-3-2-7-14(15)16/h2-9,11H,10,18H2,1H3. The van der Waals surface area contributed by atoms with Crippen molar-refractivity contribution < 1.29 is 9.21 Å². The van der Waals surface area contributed by atoms with Gasteiger partial charge in [-0.15, -0.1) is 0 Å². The first-order valence-electron chi connectivity index (χ1n) is 6.74. The van der Waals surface area contributed by atoms with Crippen LogP contribution >= 0.6 is 0 Å². The summed E-state index contributed by atoms with van der Waals surface area (Å²) in [5, 5.41) is 0.823. The van der Waals surface area contributed by atoms with Crippen molar-refractivity contribution in [3.05, 3.63) is 65.9 Å². The van der Waals surface area contributed by atoms with Gasteiger partial charge in [0.15, 0.2) is 0 Å². The van der Waals surface area contributed by atoms with Crippen LogP contribution in [0.4, 0.5) is 5.69 Å². The minimum Gasteiger partial charge on any atom is -0.463 e. The smallest absolute Gasteiger partial charge is 0.261 e. The predicted molar refractivity (Wildman–Crippen MR) is 83.3 cm³/mol. The Morgan fingerprint density at radius 3 is 2.81 bits per heavy atom. The molecule has 21 heavy (non-hydrogen) atoms. The summed E-state index contributed by atoms with van der Waals surface area (Å²) in [6, 6.07) is 15.2. The van der Waals surface area contributed by atoms with Crippen LogP contribution in [0.5, 0.6) is 0 Å². The summed E-state index contributed by atoms with van der Waals surface area (Å²) < 4.78 is 5.43. The number of hydrogen-bond acceptors (Lipinski definition) is 3. The van der Waals surface area contributed by atoms with E-state index in [0.717, 1.165) is 16.6 Å². The van der Waals surface area contributed by atoms with Crippen molar-refractivity contribution in [2.45, 2.75) is 6.54 Å². The number of amides is 1. The average molecular weight is 280 g/mol. The van der Waals surface area contributed by atoms with E-state index in [9.17, 15) is 4.79 Å². The Balaban J connectivity index is 1.97. The van der Waals surface area contributed by atoms with Crippen molar-refractivity contribution in [1.82, 2.24) is 0 Å². The molecule has 106 valence electrons. The molecule has 0 fully saturated rings. The van der Waals surface area contributed by atoms with Gasteiger partial charge in [-0.25, -0.2) is 0 Å². The molecule has 0 aliphatic carbocycles. The number of anilines is 1. The number of hydrogen-bond donors (Lipinski definition) is 1. The third kappa shape index (κ3) is 2.41. The Bertz CT molecular complexity index is 792. The molecule has 3 rings (SSSR count). The number of furan rings is 1. The van der Waals surface area contributed by atoms with E-state index in [4.69, 9.17) is 10.2 Å². The first kappa shape index (κ1) is 13.4. The van der Waals surface area contributed by atoms with E-state index in [1.54, 1.807) is 11.9 Å². The van der Waals surface area contributed by atoms with E-state index in [2.05, 4.69) is 0 Å². The molecule has 3 aromatic rings. The Morgan fingerprint density at radius 2 is 2.00 bits per heavy atom. The summed E-state index contributed by atoms with van der Waals surface area (Å²) in [6.45, 7) is 0.449. The monoisotopic (exact) mass is 280 g/mol. The fourth-order valence-electron chi connectivity index (χ4n) is 2.33. The molecule has 0 bridgehead atoms. The molecule has 4 heteroatoms. The molecule has 0 atom stereocenters. The van der Waals surface area contributed by atoms with Crippen LogP contribution in [0.2, 0.25) is 0 Å². The van der Waals surface area contributed by atoms with Crippen molar-refractivity contribution >= 4 is 22.6 Å². The number of carbonyl (C=O) groups is 1. The van der Waals surface area contributed by atoms with Crippen LogP contribution in [-0.2, 0) is 6.54 Å². The van der Waals surface area contributed by atoms with Crippen LogP contribution in [0.3, 0.4) is 0 Å². The van der Waals surface area contributed by atoms with Gasteiger partial charge in [-0.1, -0.05) is 30.3 Å². The van der Waals surface area contributed by atoms with Crippen LogP contribution in [0.25, 0.3) is 11.0 Å². The number of rotatable bonds is 3. The lowest BCUT2D eigenvalue weighted by atomic mass is 10.1. The first-order valence-corrected chi connectivity index (χ1v) is 6.74. The van der Waals surface area contributed by atoms with Crippen molar-refractivity contribution in [2.75, 3.05) is 11.9 Å². The maximum atomic E-state index is 12.7. The Hall–Kier alpha value is -2.59. The van der Waals surface area contributed by atoms with Gasteiger partial charge in [0.05, 0.1) is 5.56 Å². The van der Waals surface area contributed by atoms with Gasteiger partial charge in [-0.3, -0.25) is 4.79 Å². The second kappa shape index (κ2) is 5.42. The molecule has 1 aromatic heterocycles. The molecule has 2 N–H and O–H groups in total. The Kier molecular flexibility index (Phi) is 3.46. The van der Waals surface area contributed by atoms with Crippen molar-refractivity contribution in [1.29, 1.82) is 0 Å². The second-order valence-electron chi connectivity index (χ2n) is 4.88. The lowest BCUT2D eigenvalue weighted by Gasteiger charge is -2.17. The molecule has 4 nitrogen and oxygen atoms in total. The number of fused-ring (bicyclic) bond motifs is 1. The van der Waals surface area contributed by atoms with Crippen molar-refractivity contribution in [3.63, 3.8) is 0 Å². The third-order valence-electron chi connectivity index (χ3n) is 3.55.